The third-order valence-corrected chi connectivity index (χ3v) is 2.83. The van der Waals surface area contributed by atoms with Gasteiger partial charge in [0.2, 0.25) is 0 Å². The van der Waals surface area contributed by atoms with Gasteiger partial charge in [0, 0.05) is 11.4 Å². The molecule has 0 bridgehead atoms. The van der Waals surface area contributed by atoms with Crippen LogP contribution in [-0.2, 0) is 6.54 Å². The van der Waals surface area contributed by atoms with Crippen LogP contribution in [0.4, 0.5) is 0 Å². The van der Waals surface area contributed by atoms with Crippen LogP contribution in [0.15, 0.2) is 12.1 Å². The van der Waals surface area contributed by atoms with Crippen LogP contribution in [0.5, 0.6) is 0 Å². The van der Waals surface area contributed by atoms with Gasteiger partial charge in [-0.25, -0.2) is 0 Å². The molecule has 0 atom stereocenters. The van der Waals surface area contributed by atoms with E-state index in [-0.39, 0.29) is 5.54 Å². The Kier molecular flexibility index (Phi) is 3.30. The molecule has 1 aromatic rings. The molecule has 1 N–H and O–H groups in total. The SMILES string of the molecule is C#CC(C)(C)NCc1ccc(C#N)s1. The molecular formula is C11H12N2S. The lowest BCUT2D eigenvalue weighted by atomic mass is 10.1. The summed E-state index contributed by atoms with van der Waals surface area (Å²) in [5.41, 5.74) is -0.295. The van der Waals surface area contributed by atoms with Gasteiger partial charge in [-0.3, -0.25) is 5.32 Å². The van der Waals surface area contributed by atoms with E-state index in [2.05, 4.69) is 17.3 Å². The Morgan fingerprint density at radius 1 is 1.57 bits per heavy atom. The van der Waals surface area contributed by atoms with E-state index in [0.29, 0.717) is 6.54 Å². The Labute approximate surface area is 88.6 Å². The summed E-state index contributed by atoms with van der Waals surface area (Å²) in [4.78, 5) is 1.87. The molecule has 0 saturated carbocycles. The van der Waals surface area contributed by atoms with Crippen molar-refractivity contribution in [3.05, 3.63) is 21.9 Å². The quantitative estimate of drug-likeness (QED) is 0.765. The summed E-state index contributed by atoms with van der Waals surface area (Å²) in [6, 6.07) is 5.88. The lowest BCUT2D eigenvalue weighted by Gasteiger charge is -2.18. The van der Waals surface area contributed by atoms with Crippen molar-refractivity contribution < 1.29 is 0 Å². The van der Waals surface area contributed by atoms with Gasteiger partial charge in [0.15, 0.2) is 0 Å². The predicted octanol–water partition coefficient (Wildman–Crippen LogP) is 2.12. The number of nitrogens with one attached hydrogen (secondary N) is 1. The molecule has 0 fully saturated rings. The van der Waals surface area contributed by atoms with Crippen LogP contribution in [0, 0.1) is 23.7 Å². The zero-order chi connectivity index (χ0) is 10.6. The summed E-state index contributed by atoms with van der Waals surface area (Å²) in [6.07, 6.45) is 5.34. The summed E-state index contributed by atoms with van der Waals surface area (Å²) in [5, 5.41) is 11.9. The van der Waals surface area contributed by atoms with E-state index in [0.717, 1.165) is 9.75 Å². The molecule has 0 spiro atoms. The van der Waals surface area contributed by atoms with Gasteiger partial charge in [0.25, 0.3) is 0 Å². The third kappa shape index (κ3) is 2.88. The minimum atomic E-state index is -0.295. The first-order chi connectivity index (χ1) is 6.57. The van der Waals surface area contributed by atoms with Crippen LogP contribution in [-0.4, -0.2) is 5.54 Å². The van der Waals surface area contributed by atoms with Gasteiger partial charge in [0.05, 0.1) is 5.54 Å². The van der Waals surface area contributed by atoms with Gasteiger partial charge < -0.3 is 0 Å². The first-order valence-electron chi connectivity index (χ1n) is 4.29. The van der Waals surface area contributed by atoms with Crippen molar-refractivity contribution in [2.45, 2.75) is 25.9 Å². The van der Waals surface area contributed by atoms with Gasteiger partial charge in [-0.05, 0) is 26.0 Å². The highest BCUT2D eigenvalue weighted by atomic mass is 32.1. The molecule has 0 amide bonds. The fourth-order valence-corrected chi connectivity index (χ4v) is 1.64. The van der Waals surface area contributed by atoms with Crippen molar-refractivity contribution in [3.63, 3.8) is 0 Å². The van der Waals surface area contributed by atoms with E-state index in [1.54, 1.807) is 0 Å². The second kappa shape index (κ2) is 4.28. The van der Waals surface area contributed by atoms with Crippen LogP contribution in [0.25, 0.3) is 0 Å². The number of rotatable bonds is 3. The van der Waals surface area contributed by atoms with Crippen molar-refractivity contribution >= 4 is 11.3 Å². The molecule has 14 heavy (non-hydrogen) atoms. The van der Waals surface area contributed by atoms with E-state index >= 15 is 0 Å². The predicted molar refractivity (Wildman–Crippen MR) is 58.8 cm³/mol. The number of nitrogens with zero attached hydrogens (tertiary/aromatic N) is 1. The Morgan fingerprint density at radius 2 is 2.29 bits per heavy atom. The molecule has 1 heterocycles. The molecule has 0 saturated heterocycles. The zero-order valence-corrected chi connectivity index (χ0v) is 9.11. The summed E-state index contributed by atoms with van der Waals surface area (Å²) in [5.74, 6) is 2.66. The van der Waals surface area contributed by atoms with Gasteiger partial charge in [-0.15, -0.1) is 17.8 Å². The molecule has 3 heteroatoms. The van der Waals surface area contributed by atoms with Crippen LogP contribution in [0.2, 0.25) is 0 Å². The third-order valence-electron chi connectivity index (χ3n) is 1.84. The van der Waals surface area contributed by atoms with Crippen molar-refractivity contribution in [2.75, 3.05) is 0 Å². The van der Waals surface area contributed by atoms with Gasteiger partial charge in [-0.1, -0.05) is 5.92 Å². The number of thiophene rings is 1. The first-order valence-corrected chi connectivity index (χ1v) is 5.10. The fraction of sp³-hybridized carbons (Fsp3) is 0.364. The Hall–Kier alpha value is -1.29. The van der Waals surface area contributed by atoms with Crippen LogP contribution in [0.1, 0.15) is 23.6 Å². The number of terminal acetylenes is 1. The van der Waals surface area contributed by atoms with Gasteiger partial charge >= 0.3 is 0 Å². The standard InChI is InChI=1S/C11H12N2S/c1-4-11(2,3)13-8-10-6-5-9(7-12)14-10/h1,5-6,13H,8H2,2-3H3. The van der Waals surface area contributed by atoms with E-state index in [1.807, 2.05) is 26.0 Å². The Bertz CT molecular complexity index is 390. The molecule has 0 aliphatic heterocycles. The highest BCUT2D eigenvalue weighted by Crippen LogP contribution is 2.15. The van der Waals surface area contributed by atoms with Crippen LogP contribution in [0.3, 0.4) is 0 Å². The maximum atomic E-state index is 8.63. The second-order valence-electron chi connectivity index (χ2n) is 3.50. The minimum absolute atomic E-state index is 0.295. The van der Waals surface area contributed by atoms with E-state index in [4.69, 9.17) is 11.7 Å². The van der Waals surface area contributed by atoms with Crippen LogP contribution >= 0.6 is 11.3 Å². The lowest BCUT2D eigenvalue weighted by molar-refractivity contribution is 0.494. The average Bonchev–Trinajstić information content (AvgIpc) is 2.63. The van der Waals surface area contributed by atoms with E-state index in [1.165, 1.54) is 11.3 Å². The molecule has 72 valence electrons. The summed E-state index contributed by atoms with van der Waals surface area (Å²) in [7, 11) is 0. The molecule has 0 aliphatic rings. The monoisotopic (exact) mass is 204 g/mol. The van der Waals surface area contributed by atoms with E-state index < -0.39 is 0 Å². The normalized spacial score (nSPS) is 10.6. The largest absolute Gasteiger partial charge is 0.297 e. The maximum absolute atomic E-state index is 8.63. The highest BCUT2D eigenvalue weighted by Gasteiger charge is 2.12. The molecule has 0 aromatic carbocycles. The van der Waals surface area contributed by atoms with Gasteiger partial charge in [0.1, 0.15) is 10.9 Å². The topological polar surface area (TPSA) is 35.8 Å². The minimum Gasteiger partial charge on any atom is -0.297 e. The maximum Gasteiger partial charge on any atom is 0.110 e. The van der Waals surface area contributed by atoms with Crippen molar-refractivity contribution in [1.29, 1.82) is 5.26 Å². The molecule has 2 nitrogen and oxygen atoms in total. The van der Waals surface area contributed by atoms with Crippen molar-refractivity contribution in [1.82, 2.24) is 5.32 Å². The fourth-order valence-electron chi connectivity index (χ4n) is 0.892. The van der Waals surface area contributed by atoms with Crippen molar-refractivity contribution in [3.8, 4) is 18.4 Å². The first kappa shape index (κ1) is 10.8. The molecule has 1 rings (SSSR count). The number of hydrogen-bond acceptors (Lipinski definition) is 3. The second-order valence-corrected chi connectivity index (χ2v) is 4.67. The smallest absolute Gasteiger partial charge is 0.110 e. The highest BCUT2D eigenvalue weighted by molar-refractivity contribution is 7.12. The molecule has 0 aliphatic carbocycles. The zero-order valence-electron chi connectivity index (χ0n) is 8.29. The lowest BCUT2D eigenvalue weighted by Crippen LogP contribution is -2.36. The average molecular weight is 204 g/mol. The summed E-state index contributed by atoms with van der Waals surface area (Å²) in [6.45, 7) is 4.61. The van der Waals surface area contributed by atoms with Gasteiger partial charge in [-0.2, -0.15) is 5.26 Å². The molecule has 0 unspecified atom stereocenters. The number of hydrogen-bond donors (Lipinski definition) is 1. The van der Waals surface area contributed by atoms with Crippen molar-refractivity contribution in [2.24, 2.45) is 0 Å². The Balaban J connectivity index is 2.56. The Morgan fingerprint density at radius 3 is 2.79 bits per heavy atom. The summed E-state index contributed by atoms with van der Waals surface area (Å²) >= 11 is 1.49. The molecule has 0 radical (unpaired) electrons. The van der Waals surface area contributed by atoms with Crippen LogP contribution < -0.4 is 5.32 Å². The number of nitriles is 1. The summed E-state index contributed by atoms with van der Waals surface area (Å²) < 4.78 is 0. The molecular weight excluding hydrogens is 192 g/mol. The molecule has 1 aromatic heterocycles. The van der Waals surface area contributed by atoms with E-state index in [9.17, 15) is 0 Å².